The number of hydrogen-bond donors (Lipinski definition) is 2. The van der Waals surface area contributed by atoms with Gasteiger partial charge >= 0.3 is 6.09 Å². The van der Waals surface area contributed by atoms with Gasteiger partial charge in [-0.3, -0.25) is 0 Å². The van der Waals surface area contributed by atoms with Crippen LogP contribution >= 0.6 is 0 Å². The Bertz CT molecular complexity index is 325. The summed E-state index contributed by atoms with van der Waals surface area (Å²) in [6, 6.07) is 0.142. The molecule has 0 unspecified atom stereocenters. The molecule has 0 heterocycles. The van der Waals surface area contributed by atoms with Crippen LogP contribution in [0.25, 0.3) is 0 Å². The Morgan fingerprint density at radius 3 is 2.26 bits per heavy atom. The first-order valence-corrected chi connectivity index (χ1v) is 6.73. The van der Waals surface area contributed by atoms with Crippen LogP contribution in [0.15, 0.2) is 12.0 Å². The number of aliphatic hydroxyl groups excluding tert-OH is 1. The minimum absolute atomic E-state index is 0.142. The lowest BCUT2D eigenvalue weighted by Gasteiger charge is -2.30. The first-order valence-electron chi connectivity index (χ1n) is 6.73. The summed E-state index contributed by atoms with van der Waals surface area (Å²) >= 11 is 0. The number of rotatable bonds is 3. The van der Waals surface area contributed by atoms with Gasteiger partial charge in [0.05, 0.1) is 7.11 Å². The van der Waals surface area contributed by atoms with Gasteiger partial charge in [0, 0.05) is 12.0 Å². The van der Waals surface area contributed by atoms with E-state index in [0.717, 1.165) is 31.9 Å². The van der Waals surface area contributed by atoms with Gasteiger partial charge in [-0.05, 0) is 46.5 Å². The van der Waals surface area contributed by atoms with Crippen LogP contribution in [0.4, 0.5) is 4.79 Å². The smallest absolute Gasteiger partial charge is 0.407 e. The second-order valence-corrected chi connectivity index (χ2v) is 5.93. The van der Waals surface area contributed by atoms with Crippen LogP contribution in [0.3, 0.4) is 0 Å². The molecule has 2 N–H and O–H groups in total. The quantitative estimate of drug-likeness (QED) is 0.774. The fourth-order valence-electron chi connectivity index (χ4n) is 2.32. The summed E-state index contributed by atoms with van der Waals surface area (Å²) in [5.74, 6) is 0.863. The molecule has 1 aliphatic rings. The molecule has 0 radical (unpaired) electrons. The summed E-state index contributed by atoms with van der Waals surface area (Å²) in [7, 11) is 1.56. The van der Waals surface area contributed by atoms with Crippen LogP contribution in [0.1, 0.15) is 46.5 Å². The van der Waals surface area contributed by atoms with Gasteiger partial charge in [-0.2, -0.15) is 0 Å². The van der Waals surface area contributed by atoms with Gasteiger partial charge in [0.25, 0.3) is 0 Å². The van der Waals surface area contributed by atoms with E-state index in [1.165, 1.54) is 0 Å². The lowest BCUT2D eigenvalue weighted by Crippen LogP contribution is -2.41. The van der Waals surface area contributed by atoms with E-state index in [-0.39, 0.29) is 18.1 Å². The molecule has 0 atom stereocenters. The SMILES string of the molecule is CO/C(=C\O)C1CCC(NC(=O)OC(C)(C)C)CC1. The Hall–Kier alpha value is -1.39. The van der Waals surface area contributed by atoms with Crippen molar-refractivity contribution in [2.24, 2.45) is 5.92 Å². The van der Waals surface area contributed by atoms with Crippen molar-refractivity contribution in [3.8, 4) is 0 Å². The number of nitrogens with one attached hydrogen (secondary N) is 1. The summed E-state index contributed by atoms with van der Waals surface area (Å²) in [4.78, 5) is 11.6. The third kappa shape index (κ3) is 5.41. The van der Waals surface area contributed by atoms with Gasteiger partial charge in [0.2, 0.25) is 0 Å². The molecule has 1 rings (SSSR count). The normalized spacial score (nSPS) is 24.7. The molecule has 1 saturated carbocycles. The molecule has 5 heteroatoms. The molecule has 0 aromatic carbocycles. The van der Waals surface area contributed by atoms with Crippen molar-refractivity contribution in [1.29, 1.82) is 0 Å². The van der Waals surface area contributed by atoms with Gasteiger partial charge in [-0.15, -0.1) is 0 Å². The number of aliphatic hydroxyl groups is 1. The van der Waals surface area contributed by atoms with Crippen LogP contribution in [-0.4, -0.2) is 30.0 Å². The van der Waals surface area contributed by atoms with Crippen LogP contribution in [0.5, 0.6) is 0 Å². The predicted molar refractivity (Wildman–Crippen MR) is 72.8 cm³/mol. The molecule has 1 aliphatic carbocycles. The minimum atomic E-state index is -0.468. The molecule has 0 aliphatic heterocycles. The molecule has 0 aromatic heterocycles. The highest BCUT2D eigenvalue weighted by Gasteiger charge is 2.27. The number of methoxy groups -OCH3 is 1. The van der Waals surface area contributed by atoms with E-state index < -0.39 is 5.60 Å². The van der Waals surface area contributed by atoms with Crippen LogP contribution in [0, 0.1) is 5.92 Å². The third-order valence-corrected chi connectivity index (χ3v) is 3.21. The summed E-state index contributed by atoms with van der Waals surface area (Å²) in [5, 5.41) is 11.9. The van der Waals surface area contributed by atoms with Gasteiger partial charge in [0.15, 0.2) is 0 Å². The van der Waals surface area contributed by atoms with E-state index in [4.69, 9.17) is 14.6 Å². The first-order chi connectivity index (χ1) is 8.85. The van der Waals surface area contributed by atoms with Crippen LogP contribution in [-0.2, 0) is 9.47 Å². The number of ether oxygens (including phenoxy) is 2. The summed E-state index contributed by atoms with van der Waals surface area (Å²) < 4.78 is 10.4. The monoisotopic (exact) mass is 271 g/mol. The fraction of sp³-hybridized carbons (Fsp3) is 0.786. The van der Waals surface area contributed by atoms with Gasteiger partial charge in [0.1, 0.15) is 17.6 Å². The Morgan fingerprint density at radius 1 is 1.26 bits per heavy atom. The lowest BCUT2D eigenvalue weighted by atomic mass is 9.85. The largest absolute Gasteiger partial charge is 0.512 e. The molecule has 0 saturated heterocycles. The number of hydrogen-bond acceptors (Lipinski definition) is 4. The van der Waals surface area contributed by atoms with Crippen LogP contribution in [0.2, 0.25) is 0 Å². The zero-order valence-electron chi connectivity index (χ0n) is 12.2. The van der Waals surface area contributed by atoms with Crippen molar-refractivity contribution in [1.82, 2.24) is 5.32 Å². The highest BCUT2D eigenvalue weighted by Crippen LogP contribution is 2.30. The van der Waals surface area contributed by atoms with Gasteiger partial charge in [-0.1, -0.05) is 0 Å². The average Bonchev–Trinajstić information content (AvgIpc) is 2.30. The molecule has 5 nitrogen and oxygen atoms in total. The number of carbonyl (C=O) groups is 1. The molecular weight excluding hydrogens is 246 g/mol. The first kappa shape index (κ1) is 15.7. The summed E-state index contributed by atoms with van der Waals surface area (Å²) in [6.45, 7) is 5.54. The number of allylic oxidation sites excluding steroid dienone is 1. The van der Waals surface area contributed by atoms with E-state index in [0.29, 0.717) is 5.76 Å². The van der Waals surface area contributed by atoms with Crippen molar-refractivity contribution < 1.29 is 19.4 Å². The van der Waals surface area contributed by atoms with E-state index in [9.17, 15) is 4.79 Å². The zero-order valence-corrected chi connectivity index (χ0v) is 12.2. The van der Waals surface area contributed by atoms with Crippen molar-refractivity contribution in [2.45, 2.75) is 58.1 Å². The van der Waals surface area contributed by atoms with E-state index >= 15 is 0 Å². The second kappa shape index (κ2) is 6.68. The minimum Gasteiger partial charge on any atom is -0.512 e. The Balaban J connectivity index is 2.36. The topological polar surface area (TPSA) is 67.8 Å². The predicted octanol–water partition coefficient (Wildman–Crippen LogP) is 3.12. The molecule has 110 valence electrons. The van der Waals surface area contributed by atoms with E-state index in [1.54, 1.807) is 7.11 Å². The van der Waals surface area contributed by atoms with Crippen LogP contribution < -0.4 is 5.32 Å². The number of carbonyl (C=O) groups excluding carboxylic acids is 1. The molecule has 0 spiro atoms. The third-order valence-electron chi connectivity index (χ3n) is 3.21. The number of amides is 1. The van der Waals surface area contributed by atoms with Gasteiger partial charge < -0.3 is 19.9 Å². The molecule has 0 aromatic rings. The molecule has 19 heavy (non-hydrogen) atoms. The highest BCUT2D eigenvalue weighted by atomic mass is 16.6. The maximum atomic E-state index is 11.6. The standard InChI is InChI=1S/C14H25NO4/c1-14(2,3)19-13(17)15-11-7-5-10(6-8-11)12(9-16)18-4/h9-11,16H,5-8H2,1-4H3,(H,15,17)/b12-9-. The van der Waals surface area contributed by atoms with E-state index in [2.05, 4.69) is 5.32 Å². The van der Waals surface area contributed by atoms with Gasteiger partial charge in [-0.25, -0.2) is 4.79 Å². The summed E-state index contributed by atoms with van der Waals surface area (Å²) in [6.07, 6.45) is 4.18. The zero-order chi connectivity index (χ0) is 14.5. The molecule has 0 bridgehead atoms. The highest BCUT2D eigenvalue weighted by molar-refractivity contribution is 5.68. The van der Waals surface area contributed by atoms with Crippen molar-refractivity contribution in [3.05, 3.63) is 12.0 Å². The second-order valence-electron chi connectivity index (χ2n) is 5.93. The maximum Gasteiger partial charge on any atom is 0.407 e. The molecule has 1 amide bonds. The van der Waals surface area contributed by atoms with Crippen molar-refractivity contribution in [2.75, 3.05) is 7.11 Å². The Labute approximate surface area is 115 Å². The van der Waals surface area contributed by atoms with E-state index in [1.807, 2.05) is 20.8 Å². The maximum absolute atomic E-state index is 11.6. The molecule has 1 fully saturated rings. The van der Waals surface area contributed by atoms with Crippen molar-refractivity contribution >= 4 is 6.09 Å². The molecular formula is C14H25NO4. The van der Waals surface area contributed by atoms with Crippen molar-refractivity contribution in [3.63, 3.8) is 0 Å². The average molecular weight is 271 g/mol. The fourth-order valence-corrected chi connectivity index (χ4v) is 2.32. The number of alkyl carbamates (subject to hydrolysis) is 1. The Kier molecular flexibility index (Phi) is 5.51. The lowest BCUT2D eigenvalue weighted by molar-refractivity contribution is 0.0485. The summed E-state index contributed by atoms with van der Waals surface area (Å²) in [5.41, 5.74) is -0.468. The Morgan fingerprint density at radius 2 is 1.84 bits per heavy atom.